The van der Waals surface area contributed by atoms with Gasteiger partial charge in [-0.2, -0.15) is 0 Å². The standard InChI is InChI=1S/C13H27NOS/c1-10(16-5)14-11-6-8-12(9-7-11)15-13(2,3)4/h10-12,14H,6-9H2,1-5H3. The van der Waals surface area contributed by atoms with Crippen molar-refractivity contribution in [2.24, 2.45) is 0 Å². The van der Waals surface area contributed by atoms with E-state index in [4.69, 9.17) is 4.74 Å². The van der Waals surface area contributed by atoms with Crippen LogP contribution in [0.5, 0.6) is 0 Å². The van der Waals surface area contributed by atoms with E-state index in [0.717, 1.165) is 0 Å². The summed E-state index contributed by atoms with van der Waals surface area (Å²) in [6, 6.07) is 0.697. The topological polar surface area (TPSA) is 21.3 Å². The number of hydrogen-bond donors (Lipinski definition) is 1. The van der Waals surface area contributed by atoms with Crippen LogP contribution in [0.15, 0.2) is 0 Å². The van der Waals surface area contributed by atoms with Crippen LogP contribution >= 0.6 is 11.8 Å². The fraction of sp³-hybridized carbons (Fsp3) is 1.00. The lowest BCUT2D eigenvalue weighted by atomic mass is 9.92. The van der Waals surface area contributed by atoms with E-state index in [2.05, 4.69) is 39.3 Å². The molecule has 1 unspecified atom stereocenters. The summed E-state index contributed by atoms with van der Waals surface area (Å²) in [7, 11) is 0. The first-order chi connectivity index (χ1) is 7.40. The Balaban J connectivity index is 2.23. The molecule has 0 aromatic carbocycles. The van der Waals surface area contributed by atoms with Crippen LogP contribution in [0.2, 0.25) is 0 Å². The Morgan fingerprint density at radius 2 is 1.75 bits per heavy atom. The molecule has 1 saturated carbocycles. The van der Waals surface area contributed by atoms with E-state index in [1.807, 2.05) is 11.8 Å². The molecule has 3 heteroatoms. The molecule has 1 atom stereocenters. The smallest absolute Gasteiger partial charge is 0.0602 e. The fourth-order valence-corrected chi connectivity index (χ4v) is 2.58. The summed E-state index contributed by atoms with van der Waals surface area (Å²) < 4.78 is 6.03. The fourth-order valence-electron chi connectivity index (χ4n) is 2.25. The van der Waals surface area contributed by atoms with Crippen molar-refractivity contribution in [2.45, 2.75) is 76.5 Å². The van der Waals surface area contributed by atoms with Gasteiger partial charge < -0.3 is 10.1 Å². The van der Waals surface area contributed by atoms with Crippen molar-refractivity contribution < 1.29 is 4.74 Å². The first kappa shape index (κ1) is 14.3. The molecule has 0 heterocycles. The van der Waals surface area contributed by atoms with Gasteiger partial charge >= 0.3 is 0 Å². The molecule has 2 nitrogen and oxygen atoms in total. The van der Waals surface area contributed by atoms with Crippen LogP contribution in [0.3, 0.4) is 0 Å². The molecule has 0 spiro atoms. The highest BCUT2D eigenvalue weighted by Crippen LogP contribution is 2.25. The maximum Gasteiger partial charge on any atom is 0.0602 e. The molecule has 16 heavy (non-hydrogen) atoms. The third-order valence-corrected chi connectivity index (χ3v) is 3.86. The van der Waals surface area contributed by atoms with Crippen LogP contribution in [0.25, 0.3) is 0 Å². The van der Waals surface area contributed by atoms with Crippen LogP contribution in [0.4, 0.5) is 0 Å². The molecule has 0 amide bonds. The molecular weight excluding hydrogens is 218 g/mol. The van der Waals surface area contributed by atoms with Crippen LogP contribution in [-0.4, -0.2) is 29.4 Å². The van der Waals surface area contributed by atoms with Crippen molar-refractivity contribution in [2.75, 3.05) is 6.26 Å². The van der Waals surface area contributed by atoms with Crippen LogP contribution < -0.4 is 5.32 Å². The first-order valence-electron chi connectivity index (χ1n) is 6.37. The third kappa shape index (κ3) is 5.55. The highest BCUT2D eigenvalue weighted by molar-refractivity contribution is 7.99. The van der Waals surface area contributed by atoms with E-state index in [-0.39, 0.29) is 5.60 Å². The van der Waals surface area contributed by atoms with Gasteiger partial charge in [0, 0.05) is 6.04 Å². The molecule has 96 valence electrons. The summed E-state index contributed by atoms with van der Waals surface area (Å²) >= 11 is 1.89. The van der Waals surface area contributed by atoms with Gasteiger partial charge in [-0.1, -0.05) is 0 Å². The van der Waals surface area contributed by atoms with Gasteiger partial charge in [-0.05, 0) is 59.6 Å². The van der Waals surface area contributed by atoms with E-state index >= 15 is 0 Å². The molecule has 0 saturated heterocycles. The lowest BCUT2D eigenvalue weighted by Crippen LogP contribution is -2.40. The Morgan fingerprint density at radius 3 is 2.19 bits per heavy atom. The summed E-state index contributed by atoms with van der Waals surface area (Å²) in [4.78, 5) is 0. The average Bonchev–Trinajstić information content (AvgIpc) is 2.18. The second kappa shape index (κ2) is 6.27. The van der Waals surface area contributed by atoms with Gasteiger partial charge in [0.2, 0.25) is 0 Å². The Labute approximate surface area is 105 Å². The number of hydrogen-bond acceptors (Lipinski definition) is 3. The Kier molecular flexibility index (Phi) is 5.62. The summed E-state index contributed by atoms with van der Waals surface area (Å²) in [5.41, 5.74) is 0.0114. The summed E-state index contributed by atoms with van der Waals surface area (Å²) in [6.45, 7) is 8.68. The minimum Gasteiger partial charge on any atom is -0.373 e. The molecule has 1 rings (SSSR count). The average molecular weight is 245 g/mol. The zero-order valence-corrected chi connectivity index (χ0v) is 12.2. The highest BCUT2D eigenvalue weighted by atomic mass is 32.2. The summed E-state index contributed by atoms with van der Waals surface area (Å²) in [5, 5.41) is 4.23. The van der Waals surface area contributed by atoms with Crippen molar-refractivity contribution in [3.8, 4) is 0 Å². The maximum atomic E-state index is 6.03. The van der Waals surface area contributed by atoms with Gasteiger partial charge in [0.05, 0.1) is 17.1 Å². The van der Waals surface area contributed by atoms with Crippen molar-refractivity contribution in [1.29, 1.82) is 0 Å². The number of thioether (sulfide) groups is 1. The molecule has 1 N–H and O–H groups in total. The quantitative estimate of drug-likeness (QED) is 0.767. The first-order valence-corrected chi connectivity index (χ1v) is 7.66. The van der Waals surface area contributed by atoms with Gasteiger partial charge in [0.1, 0.15) is 0 Å². The monoisotopic (exact) mass is 245 g/mol. The molecule has 0 aliphatic heterocycles. The summed E-state index contributed by atoms with van der Waals surface area (Å²) in [5.74, 6) is 0. The van der Waals surface area contributed by atoms with Crippen molar-refractivity contribution in [3.63, 3.8) is 0 Å². The Bertz CT molecular complexity index is 195. The predicted octanol–water partition coefficient (Wildman–Crippen LogP) is 3.41. The maximum absolute atomic E-state index is 6.03. The largest absolute Gasteiger partial charge is 0.373 e. The number of rotatable bonds is 4. The van der Waals surface area contributed by atoms with E-state index in [1.165, 1.54) is 25.7 Å². The third-order valence-electron chi connectivity index (χ3n) is 3.02. The highest BCUT2D eigenvalue weighted by Gasteiger charge is 2.25. The zero-order valence-electron chi connectivity index (χ0n) is 11.4. The minimum absolute atomic E-state index is 0.0114. The molecular formula is C13H27NOS. The predicted molar refractivity (Wildman–Crippen MR) is 73.0 cm³/mol. The van der Waals surface area contributed by atoms with Gasteiger partial charge in [-0.15, -0.1) is 11.8 Å². The summed E-state index contributed by atoms with van der Waals surface area (Å²) in [6.07, 6.45) is 7.55. The van der Waals surface area contributed by atoms with Crippen LogP contribution in [-0.2, 0) is 4.74 Å². The number of nitrogens with one attached hydrogen (secondary N) is 1. The van der Waals surface area contributed by atoms with Gasteiger partial charge in [0.15, 0.2) is 0 Å². The van der Waals surface area contributed by atoms with Crippen molar-refractivity contribution in [1.82, 2.24) is 5.32 Å². The molecule has 1 fully saturated rings. The van der Waals surface area contributed by atoms with Gasteiger partial charge in [0.25, 0.3) is 0 Å². The Morgan fingerprint density at radius 1 is 1.19 bits per heavy atom. The Hall–Kier alpha value is 0.270. The van der Waals surface area contributed by atoms with Crippen LogP contribution in [0, 0.1) is 0 Å². The minimum atomic E-state index is 0.0114. The lowest BCUT2D eigenvalue weighted by Gasteiger charge is -2.34. The van der Waals surface area contributed by atoms with E-state index < -0.39 is 0 Å². The van der Waals surface area contributed by atoms with E-state index in [9.17, 15) is 0 Å². The van der Waals surface area contributed by atoms with Crippen molar-refractivity contribution in [3.05, 3.63) is 0 Å². The molecule has 0 aromatic rings. The normalized spacial score (nSPS) is 29.1. The van der Waals surface area contributed by atoms with Crippen molar-refractivity contribution >= 4 is 11.8 Å². The molecule has 0 bridgehead atoms. The second-order valence-corrected chi connectivity index (χ2v) is 6.93. The molecule has 0 radical (unpaired) electrons. The van der Waals surface area contributed by atoms with Gasteiger partial charge in [-0.3, -0.25) is 0 Å². The van der Waals surface area contributed by atoms with Crippen LogP contribution in [0.1, 0.15) is 53.4 Å². The zero-order chi connectivity index (χ0) is 12.2. The SMILES string of the molecule is CSC(C)NC1CCC(OC(C)(C)C)CC1. The van der Waals surface area contributed by atoms with E-state index in [1.54, 1.807) is 0 Å². The van der Waals surface area contributed by atoms with Gasteiger partial charge in [-0.25, -0.2) is 0 Å². The molecule has 1 aliphatic carbocycles. The lowest BCUT2D eigenvalue weighted by molar-refractivity contribution is -0.0759. The van der Waals surface area contributed by atoms with E-state index in [0.29, 0.717) is 17.5 Å². The molecule has 1 aliphatic rings. The number of ether oxygens (including phenoxy) is 1. The molecule has 0 aromatic heterocycles. The second-order valence-electron chi connectivity index (χ2n) is 5.75.